The Bertz CT molecular complexity index is 748. The molecule has 1 rings (SSSR count). The molecule has 10 nitrogen and oxygen atoms in total. The molecule has 0 saturated carbocycles. The fraction of sp³-hybridized carbons (Fsp3) is 0.0769. The fourth-order valence-corrected chi connectivity index (χ4v) is 1.52. The maximum atomic E-state index is 11.6. The van der Waals surface area contributed by atoms with Crippen molar-refractivity contribution in [2.24, 2.45) is 0 Å². The van der Waals surface area contributed by atoms with Crippen molar-refractivity contribution in [3.8, 4) is 6.07 Å². The highest BCUT2D eigenvalue weighted by atomic mass is 16.6. The number of nitriles is 1. The van der Waals surface area contributed by atoms with Crippen LogP contribution in [0.25, 0.3) is 0 Å². The molecule has 23 heavy (non-hydrogen) atoms. The highest BCUT2D eigenvalue weighted by Crippen LogP contribution is 2.29. The van der Waals surface area contributed by atoms with E-state index in [0.29, 0.717) is 0 Å². The number of benzene rings is 1. The van der Waals surface area contributed by atoms with Gasteiger partial charge in [0, 0.05) is 25.4 Å². The maximum Gasteiger partial charge on any atom is 0.299 e. The standard InChI is InChI=1S/C13H11N5O5/c1-15-13(19)9(3-2-6-14)8-16-11-5-4-10(17(20)21)7-12(11)18(22)23/h2-5,7-8,16H,1H3,(H,15,19)/b3-2+,9-8-. The number of hydrogen-bond donors (Lipinski definition) is 2. The Balaban J connectivity index is 3.21. The van der Waals surface area contributed by atoms with Crippen LogP contribution in [0.3, 0.4) is 0 Å². The molecular weight excluding hydrogens is 306 g/mol. The van der Waals surface area contributed by atoms with Crippen LogP contribution in [-0.4, -0.2) is 22.8 Å². The Morgan fingerprint density at radius 2 is 2.00 bits per heavy atom. The van der Waals surface area contributed by atoms with E-state index in [0.717, 1.165) is 30.5 Å². The molecule has 0 aromatic heterocycles. The number of anilines is 1. The van der Waals surface area contributed by atoms with Gasteiger partial charge in [-0.2, -0.15) is 5.26 Å². The van der Waals surface area contributed by atoms with E-state index in [4.69, 9.17) is 5.26 Å². The second-order valence-electron chi connectivity index (χ2n) is 4.00. The first-order chi connectivity index (χ1) is 10.9. The topological polar surface area (TPSA) is 151 Å². The zero-order valence-electron chi connectivity index (χ0n) is 11.8. The smallest absolute Gasteiger partial charge is 0.299 e. The number of allylic oxidation sites excluding steroid dienone is 1. The van der Waals surface area contributed by atoms with Crippen LogP contribution in [0.15, 0.2) is 42.1 Å². The van der Waals surface area contributed by atoms with Crippen LogP contribution in [0.5, 0.6) is 0 Å². The largest absolute Gasteiger partial charge is 0.355 e. The predicted molar refractivity (Wildman–Crippen MR) is 80.3 cm³/mol. The molecule has 10 heteroatoms. The molecule has 0 unspecified atom stereocenters. The van der Waals surface area contributed by atoms with Crippen molar-refractivity contribution in [1.29, 1.82) is 5.26 Å². The normalized spacial score (nSPS) is 10.9. The number of rotatable bonds is 6. The van der Waals surface area contributed by atoms with Crippen molar-refractivity contribution < 1.29 is 14.6 Å². The molecule has 0 fully saturated rings. The van der Waals surface area contributed by atoms with Crippen molar-refractivity contribution in [3.63, 3.8) is 0 Å². The van der Waals surface area contributed by atoms with Gasteiger partial charge < -0.3 is 10.6 Å². The van der Waals surface area contributed by atoms with Gasteiger partial charge in [0.05, 0.1) is 27.6 Å². The maximum absolute atomic E-state index is 11.6. The Kier molecular flexibility index (Phi) is 5.94. The lowest BCUT2D eigenvalue weighted by Crippen LogP contribution is -2.19. The first-order valence-electron chi connectivity index (χ1n) is 6.08. The summed E-state index contributed by atoms with van der Waals surface area (Å²) in [5.74, 6) is -0.520. The minimum atomic E-state index is -0.784. The summed E-state index contributed by atoms with van der Waals surface area (Å²) in [5.41, 5.74) is -0.938. The molecule has 2 N–H and O–H groups in total. The van der Waals surface area contributed by atoms with E-state index in [9.17, 15) is 25.0 Å². The van der Waals surface area contributed by atoms with Gasteiger partial charge in [0.2, 0.25) is 0 Å². The van der Waals surface area contributed by atoms with Gasteiger partial charge in [-0.25, -0.2) is 0 Å². The van der Waals surface area contributed by atoms with Gasteiger partial charge >= 0.3 is 0 Å². The van der Waals surface area contributed by atoms with E-state index in [1.165, 1.54) is 13.1 Å². The predicted octanol–water partition coefficient (Wildman–Crippen LogP) is 1.62. The molecule has 0 aliphatic rings. The summed E-state index contributed by atoms with van der Waals surface area (Å²) in [4.78, 5) is 31.7. The number of likely N-dealkylation sites (N-methyl/N-ethyl adjacent to an activating group) is 1. The van der Waals surface area contributed by atoms with Crippen molar-refractivity contribution in [3.05, 3.63) is 62.4 Å². The molecule has 1 aromatic carbocycles. The van der Waals surface area contributed by atoms with Gasteiger partial charge in [-0.15, -0.1) is 0 Å². The fourth-order valence-electron chi connectivity index (χ4n) is 1.52. The van der Waals surface area contributed by atoms with Gasteiger partial charge in [-0.3, -0.25) is 25.0 Å². The van der Waals surface area contributed by atoms with Crippen LogP contribution < -0.4 is 10.6 Å². The lowest BCUT2D eigenvalue weighted by atomic mass is 10.2. The molecule has 1 amide bonds. The highest BCUT2D eigenvalue weighted by Gasteiger charge is 2.19. The minimum absolute atomic E-state index is 0.0349. The summed E-state index contributed by atoms with van der Waals surface area (Å²) in [6.07, 6.45) is 3.43. The first kappa shape index (κ1) is 17.3. The number of nitro benzene ring substituents is 2. The van der Waals surface area contributed by atoms with Crippen LogP contribution in [0.4, 0.5) is 17.1 Å². The number of nitrogens with one attached hydrogen (secondary N) is 2. The molecule has 118 valence electrons. The lowest BCUT2D eigenvalue weighted by Gasteiger charge is -2.05. The van der Waals surface area contributed by atoms with E-state index in [2.05, 4.69) is 10.6 Å². The Hall–Kier alpha value is -3.74. The summed E-state index contributed by atoms with van der Waals surface area (Å²) in [6.45, 7) is 0. The van der Waals surface area contributed by atoms with Crippen LogP contribution in [0.1, 0.15) is 0 Å². The first-order valence-corrected chi connectivity index (χ1v) is 6.08. The quantitative estimate of drug-likeness (QED) is 0.266. The third kappa shape index (κ3) is 4.64. The van der Waals surface area contributed by atoms with E-state index in [-0.39, 0.29) is 11.3 Å². The molecule has 0 heterocycles. The lowest BCUT2D eigenvalue weighted by molar-refractivity contribution is -0.393. The number of amides is 1. The number of nitrogens with zero attached hydrogens (tertiary/aromatic N) is 3. The Morgan fingerprint density at radius 1 is 1.30 bits per heavy atom. The second kappa shape index (κ2) is 7.89. The monoisotopic (exact) mass is 317 g/mol. The summed E-state index contributed by atoms with van der Waals surface area (Å²) < 4.78 is 0. The average molecular weight is 317 g/mol. The van der Waals surface area contributed by atoms with Crippen molar-refractivity contribution in [1.82, 2.24) is 5.32 Å². The molecular formula is C13H11N5O5. The number of non-ortho nitro benzene ring substituents is 1. The molecule has 0 radical (unpaired) electrons. The average Bonchev–Trinajstić information content (AvgIpc) is 2.53. The molecule has 0 spiro atoms. The number of carbonyl (C=O) groups is 1. The number of hydrogen-bond acceptors (Lipinski definition) is 7. The molecule has 0 aliphatic carbocycles. The minimum Gasteiger partial charge on any atom is -0.355 e. The summed E-state index contributed by atoms with van der Waals surface area (Å²) in [5, 5.41) is 35.0. The van der Waals surface area contributed by atoms with Crippen LogP contribution in [-0.2, 0) is 4.79 Å². The van der Waals surface area contributed by atoms with Gasteiger partial charge in [0.15, 0.2) is 0 Å². The Labute approximate surface area is 130 Å². The van der Waals surface area contributed by atoms with E-state index < -0.39 is 27.1 Å². The van der Waals surface area contributed by atoms with Crippen molar-refractivity contribution in [2.75, 3.05) is 12.4 Å². The zero-order valence-corrected chi connectivity index (χ0v) is 11.8. The summed E-state index contributed by atoms with van der Waals surface area (Å²) >= 11 is 0. The molecule has 0 bridgehead atoms. The summed E-state index contributed by atoms with van der Waals surface area (Å²) in [7, 11) is 1.38. The Morgan fingerprint density at radius 3 is 2.52 bits per heavy atom. The SMILES string of the molecule is CNC(=O)C(=C\Nc1ccc([N+](=O)[O-])cc1[N+](=O)[O-])/C=C/C#N. The number of carbonyl (C=O) groups excluding carboxylic acids is 1. The zero-order chi connectivity index (χ0) is 17.4. The third-order valence-electron chi connectivity index (χ3n) is 2.60. The van der Waals surface area contributed by atoms with Crippen LogP contribution in [0.2, 0.25) is 0 Å². The van der Waals surface area contributed by atoms with Gasteiger partial charge in [-0.05, 0) is 12.1 Å². The molecule has 0 aliphatic heterocycles. The van der Waals surface area contributed by atoms with E-state index >= 15 is 0 Å². The van der Waals surface area contributed by atoms with Gasteiger partial charge in [-0.1, -0.05) is 0 Å². The van der Waals surface area contributed by atoms with Gasteiger partial charge in [0.1, 0.15) is 5.69 Å². The van der Waals surface area contributed by atoms with Crippen LogP contribution in [0, 0.1) is 31.6 Å². The summed E-state index contributed by atoms with van der Waals surface area (Å²) in [6, 6.07) is 4.77. The van der Waals surface area contributed by atoms with Crippen molar-refractivity contribution in [2.45, 2.75) is 0 Å². The highest BCUT2D eigenvalue weighted by molar-refractivity contribution is 5.96. The molecule has 1 aromatic rings. The van der Waals surface area contributed by atoms with Crippen LogP contribution >= 0.6 is 0 Å². The molecule has 0 saturated heterocycles. The van der Waals surface area contributed by atoms with Crippen molar-refractivity contribution >= 4 is 23.0 Å². The van der Waals surface area contributed by atoms with E-state index in [1.54, 1.807) is 6.07 Å². The molecule has 0 atom stereocenters. The van der Waals surface area contributed by atoms with E-state index in [1.807, 2.05) is 0 Å². The number of nitro groups is 2. The third-order valence-corrected chi connectivity index (χ3v) is 2.60. The van der Waals surface area contributed by atoms with Gasteiger partial charge in [0.25, 0.3) is 17.3 Å². The second-order valence-corrected chi connectivity index (χ2v) is 4.00.